The summed E-state index contributed by atoms with van der Waals surface area (Å²) in [7, 11) is 4.61. The average molecular weight is 370 g/mol. The molecule has 0 aliphatic rings. The highest BCUT2D eigenvalue weighted by Crippen LogP contribution is 2.41. The van der Waals surface area contributed by atoms with E-state index in [1.54, 1.807) is 30.3 Å². The Balaban J connectivity index is 2.11. The minimum Gasteiger partial charge on any atom is -0.494 e. The maximum atomic E-state index is 12.6. The molecule has 0 spiro atoms. The molecule has 0 unspecified atom stereocenters. The van der Waals surface area contributed by atoms with E-state index in [0.717, 1.165) is 6.42 Å². The molecule has 0 aliphatic carbocycles. The molecule has 142 valence electrons. The second-order valence-electron chi connectivity index (χ2n) is 5.90. The Kier molecular flexibility index (Phi) is 5.54. The summed E-state index contributed by atoms with van der Waals surface area (Å²) in [6.45, 7) is 2.62. The van der Waals surface area contributed by atoms with Crippen molar-refractivity contribution < 1.29 is 23.4 Å². The lowest BCUT2D eigenvalue weighted by molar-refractivity contribution is 0.317. The van der Waals surface area contributed by atoms with E-state index in [2.05, 4.69) is 0 Å². The summed E-state index contributed by atoms with van der Waals surface area (Å²) in [6, 6.07) is 10.2. The van der Waals surface area contributed by atoms with Gasteiger partial charge in [0.05, 0.1) is 33.3 Å². The number of ether oxygens (including phenoxy) is 4. The van der Waals surface area contributed by atoms with Gasteiger partial charge in [0.1, 0.15) is 17.1 Å². The van der Waals surface area contributed by atoms with Gasteiger partial charge in [-0.3, -0.25) is 4.79 Å². The molecule has 6 heteroatoms. The van der Waals surface area contributed by atoms with Crippen LogP contribution in [0.3, 0.4) is 0 Å². The van der Waals surface area contributed by atoms with Gasteiger partial charge >= 0.3 is 0 Å². The van der Waals surface area contributed by atoms with Crippen molar-refractivity contribution in [1.82, 2.24) is 0 Å². The van der Waals surface area contributed by atoms with E-state index in [0.29, 0.717) is 51.9 Å². The largest absolute Gasteiger partial charge is 0.494 e. The van der Waals surface area contributed by atoms with Gasteiger partial charge in [-0.15, -0.1) is 0 Å². The molecular formula is C21H22O6. The van der Waals surface area contributed by atoms with E-state index < -0.39 is 0 Å². The average Bonchev–Trinajstić information content (AvgIpc) is 2.71. The van der Waals surface area contributed by atoms with Crippen molar-refractivity contribution >= 4 is 11.0 Å². The molecule has 0 radical (unpaired) electrons. The van der Waals surface area contributed by atoms with E-state index >= 15 is 0 Å². The summed E-state index contributed by atoms with van der Waals surface area (Å²) >= 11 is 0. The first-order chi connectivity index (χ1) is 13.1. The van der Waals surface area contributed by atoms with Crippen molar-refractivity contribution in [3.8, 4) is 34.3 Å². The fourth-order valence-electron chi connectivity index (χ4n) is 2.81. The number of hydrogen-bond donors (Lipinski definition) is 0. The van der Waals surface area contributed by atoms with Crippen LogP contribution in [0.5, 0.6) is 23.0 Å². The van der Waals surface area contributed by atoms with Gasteiger partial charge in [-0.2, -0.15) is 0 Å². The van der Waals surface area contributed by atoms with E-state index in [9.17, 15) is 4.79 Å². The van der Waals surface area contributed by atoms with Crippen LogP contribution >= 0.6 is 0 Å². The highest BCUT2D eigenvalue weighted by molar-refractivity contribution is 5.80. The highest BCUT2D eigenvalue weighted by Gasteiger charge is 2.16. The first-order valence-electron chi connectivity index (χ1n) is 8.62. The number of hydrogen-bond acceptors (Lipinski definition) is 6. The first kappa shape index (κ1) is 18.6. The fourth-order valence-corrected chi connectivity index (χ4v) is 2.81. The number of fused-ring (bicyclic) bond motifs is 1. The second kappa shape index (κ2) is 8.03. The Bertz CT molecular complexity index is 980. The van der Waals surface area contributed by atoms with Crippen LogP contribution in [-0.4, -0.2) is 27.9 Å². The van der Waals surface area contributed by atoms with Crippen LogP contribution in [-0.2, 0) is 0 Å². The van der Waals surface area contributed by atoms with E-state index in [1.165, 1.54) is 27.4 Å². The van der Waals surface area contributed by atoms with Gasteiger partial charge in [-0.1, -0.05) is 6.92 Å². The molecule has 0 amide bonds. The molecule has 0 aliphatic heterocycles. The zero-order chi connectivity index (χ0) is 19.4. The molecule has 0 bridgehead atoms. The fraction of sp³-hybridized carbons (Fsp3) is 0.286. The summed E-state index contributed by atoms with van der Waals surface area (Å²) < 4.78 is 27.6. The normalized spacial score (nSPS) is 10.7. The third-order valence-corrected chi connectivity index (χ3v) is 4.12. The Labute approximate surface area is 157 Å². The lowest BCUT2D eigenvalue weighted by atomic mass is 10.1. The van der Waals surface area contributed by atoms with Crippen LogP contribution in [0.25, 0.3) is 22.3 Å². The van der Waals surface area contributed by atoms with Crippen molar-refractivity contribution in [2.75, 3.05) is 27.9 Å². The lowest BCUT2D eigenvalue weighted by Crippen LogP contribution is -2.02. The Morgan fingerprint density at radius 3 is 2.22 bits per heavy atom. The molecule has 3 rings (SSSR count). The summed E-state index contributed by atoms with van der Waals surface area (Å²) in [4.78, 5) is 12.6. The third kappa shape index (κ3) is 3.69. The van der Waals surface area contributed by atoms with Gasteiger partial charge in [-0.25, -0.2) is 0 Å². The van der Waals surface area contributed by atoms with Gasteiger partial charge in [-0.05, 0) is 36.8 Å². The van der Waals surface area contributed by atoms with Crippen LogP contribution in [0.2, 0.25) is 0 Å². The Morgan fingerprint density at radius 1 is 0.926 bits per heavy atom. The molecule has 0 saturated carbocycles. The number of rotatable bonds is 7. The number of methoxy groups -OCH3 is 3. The van der Waals surface area contributed by atoms with Crippen LogP contribution in [0, 0.1) is 0 Å². The highest BCUT2D eigenvalue weighted by atomic mass is 16.5. The van der Waals surface area contributed by atoms with Gasteiger partial charge in [0, 0.05) is 11.6 Å². The quantitative estimate of drug-likeness (QED) is 0.619. The number of benzene rings is 2. The van der Waals surface area contributed by atoms with Crippen LogP contribution in [0.1, 0.15) is 13.3 Å². The second-order valence-corrected chi connectivity index (χ2v) is 5.90. The summed E-state index contributed by atoms with van der Waals surface area (Å²) in [5, 5.41) is 0.472. The van der Waals surface area contributed by atoms with Crippen molar-refractivity contribution in [3.63, 3.8) is 0 Å². The zero-order valence-corrected chi connectivity index (χ0v) is 15.8. The molecule has 6 nitrogen and oxygen atoms in total. The molecule has 0 saturated heterocycles. The topological polar surface area (TPSA) is 67.1 Å². The molecule has 0 fully saturated rings. The first-order valence-corrected chi connectivity index (χ1v) is 8.62. The van der Waals surface area contributed by atoms with E-state index in [4.69, 9.17) is 23.4 Å². The van der Waals surface area contributed by atoms with Crippen molar-refractivity contribution in [3.05, 3.63) is 46.6 Å². The summed E-state index contributed by atoms with van der Waals surface area (Å²) in [5.74, 6) is 2.51. The Hall–Kier alpha value is -3.15. The Morgan fingerprint density at radius 2 is 1.63 bits per heavy atom. The molecule has 1 heterocycles. The molecule has 0 N–H and O–H groups in total. The predicted octanol–water partition coefficient (Wildman–Crippen LogP) is 4.27. The van der Waals surface area contributed by atoms with Gasteiger partial charge < -0.3 is 23.4 Å². The van der Waals surface area contributed by atoms with Gasteiger partial charge in [0.2, 0.25) is 5.75 Å². The molecule has 0 atom stereocenters. The standard InChI is InChI=1S/C21H22O6/c1-5-8-26-14-6-7-17-15(11-14)16(22)12-18(27-17)13-9-19(23-2)21(25-4)20(10-13)24-3/h6-7,9-12H,5,8H2,1-4H3. The monoisotopic (exact) mass is 370 g/mol. The molecule has 3 aromatic rings. The SMILES string of the molecule is CCCOc1ccc2oc(-c3cc(OC)c(OC)c(OC)c3)cc(=O)c2c1. The summed E-state index contributed by atoms with van der Waals surface area (Å²) in [5.41, 5.74) is 0.979. The molecule has 2 aromatic carbocycles. The van der Waals surface area contributed by atoms with Gasteiger partial charge in [0.15, 0.2) is 16.9 Å². The van der Waals surface area contributed by atoms with Crippen LogP contribution in [0.15, 0.2) is 45.6 Å². The molecular weight excluding hydrogens is 348 g/mol. The third-order valence-electron chi connectivity index (χ3n) is 4.12. The smallest absolute Gasteiger partial charge is 0.203 e. The lowest BCUT2D eigenvalue weighted by Gasteiger charge is -2.14. The van der Waals surface area contributed by atoms with Crippen LogP contribution < -0.4 is 24.4 Å². The molecule has 1 aromatic heterocycles. The minimum absolute atomic E-state index is 0.151. The van der Waals surface area contributed by atoms with E-state index in [1.807, 2.05) is 6.92 Å². The maximum absolute atomic E-state index is 12.6. The van der Waals surface area contributed by atoms with Crippen LogP contribution in [0.4, 0.5) is 0 Å². The van der Waals surface area contributed by atoms with Crippen molar-refractivity contribution in [2.45, 2.75) is 13.3 Å². The van der Waals surface area contributed by atoms with Crippen molar-refractivity contribution in [1.29, 1.82) is 0 Å². The van der Waals surface area contributed by atoms with Gasteiger partial charge in [0.25, 0.3) is 0 Å². The van der Waals surface area contributed by atoms with Crippen molar-refractivity contribution in [2.24, 2.45) is 0 Å². The van der Waals surface area contributed by atoms with E-state index in [-0.39, 0.29) is 5.43 Å². The molecule has 27 heavy (non-hydrogen) atoms. The predicted molar refractivity (Wildman–Crippen MR) is 103 cm³/mol. The maximum Gasteiger partial charge on any atom is 0.203 e. The summed E-state index contributed by atoms with van der Waals surface area (Å²) in [6.07, 6.45) is 0.896. The zero-order valence-electron chi connectivity index (χ0n) is 15.8. The minimum atomic E-state index is -0.151.